The van der Waals surface area contributed by atoms with Gasteiger partial charge in [0.05, 0.1) is 115 Å². The maximum Gasteiger partial charge on any atom is 0.312 e. The van der Waals surface area contributed by atoms with Crippen molar-refractivity contribution in [2.24, 2.45) is 34.9 Å². The molecule has 0 aliphatic carbocycles. The normalized spacial score (nSPS) is 14.0. The Labute approximate surface area is 485 Å². The lowest BCUT2D eigenvalue weighted by molar-refractivity contribution is -0.132. The molecule has 0 radical (unpaired) electrons. The van der Waals surface area contributed by atoms with E-state index in [1.165, 1.54) is 6.92 Å². The van der Waals surface area contributed by atoms with Crippen molar-refractivity contribution in [1.82, 2.24) is 31.6 Å². The number of benzene rings is 2. The first-order valence-electron chi connectivity index (χ1n) is 28.8. The van der Waals surface area contributed by atoms with Gasteiger partial charge < -0.3 is 82.1 Å². The van der Waals surface area contributed by atoms with Crippen LogP contribution < -0.4 is 54.5 Å². The molecule has 24 nitrogen and oxygen atoms in total. The summed E-state index contributed by atoms with van der Waals surface area (Å²) < 4.78 is 33.0. The summed E-state index contributed by atoms with van der Waals surface area (Å²) >= 11 is 0. The molecule has 82 heavy (non-hydrogen) atoms. The van der Waals surface area contributed by atoms with E-state index in [1.807, 2.05) is 81.1 Å². The Kier molecular flexibility index (Phi) is 37.3. The smallest absolute Gasteiger partial charge is 0.312 e. The lowest BCUT2D eigenvalue weighted by atomic mass is 9.95. The number of hydrogen-bond acceptors (Lipinski definition) is 17. The minimum absolute atomic E-state index is 0.0264. The number of fused-ring (bicyclic) bond motifs is 2. The molecule has 24 heteroatoms. The first-order valence-corrected chi connectivity index (χ1v) is 28.8. The fourth-order valence-electron chi connectivity index (χ4n) is 8.32. The lowest BCUT2D eigenvalue weighted by Crippen LogP contribution is -2.53. The van der Waals surface area contributed by atoms with E-state index in [-0.39, 0.29) is 87.1 Å². The number of nitrogens with one attached hydrogen (secondary N) is 5. The third-order valence-corrected chi connectivity index (χ3v) is 12.6. The number of unbranched alkanes of at least 4 members (excludes halogenated alkanes) is 1. The first kappa shape index (κ1) is 71.9. The summed E-state index contributed by atoms with van der Waals surface area (Å²) in [5.41, 5.74) is 22.6. The van der Waals surface area contributed by atoms with E-state index in [0.717, 1.165) is 22.4 Å². The van der Waals surface area contributed by atoms with Crippen LogP contribution in [0.15, 0.2) is 48.5 Å². The second-order valence-corrected chi connectivity index (χ2v) is 20.0. The van der Waals surface area contributed by atoms with Crippen molar-refractivity contribution in [2.75, 3.05) is 110 Å². The number of carbonyl (C=O) groups excluding carboxylic acids is 7. The number of ether oxygens (including phenoxy) is 6. The maximum atomic E-state index is 13.6. The van der Waals surface area contributed by atoms with Crippen LogP contribution in [-0.4, -0.2) is 170 Å². The quantitative estimate of drug-likeness (QED) is 0.0262. The van der Waals surface area contributed by atoms with Crippen LogP contribution in [0, 0.1) is 11.8 Å². The van der Waals surface area contributed by atoms with Gasteiger partial charge in [-0.1, -0.05) is 84.0 Å². The van der Waals surface area contributed by atoms with E-state index in [4.69, 9.17) is 51.5 Å². The van der Waals surface area contributed by atoms with Gasteiger partial charge in [-0.2, -0.15) is 0 Å². The number of carbonyl (C=O) groups is 7. The number of anilines is 1. The zero-order chi connectivity index (χ0) is 60.7. The van der Waals surface area contributed by atoms with E-state index in [1.54, 1.807) is 18.9 Å². The predicted octanol–water partition coefficient (Wildman–Crippen LogP) is 2.84. The fourth-order valence-corrected chi connectivity index (χ4v) is 8.32. The van der Waals surface area contributed by atoms with Crippen molar-refractivity contribution in [3.8, 4) is 0 Å². The van der Waals surface area contributed by atoms with E-state index in [0.29, 0.717) is 129 Å². The molecular formula is C58H97N11O13. The highest BCUT2D eigenvalue weighted by molar-refractivity contribution is 6.01. The van der Waals surface area contributed by atoms with Crippen LogP contribution in [0.25, 0.3) is 11.4 Å². The van der Waals surface area contributed by atoms with Gasteiger partial charge in [0.15, 0.2) is 5.78 Å². The zero-order valence-corrected chi connectivity index (χ0v) is 49.7. The second kappa shape index (κ2) is 42.6. The maximum absolute atomic E-state index is 13.6. The number of rotatable bonds is 42. The standard InChI is InChI=1S/C56H91N11O13.C2H6/c1-39(2)37-50(71)66-38-42-13-6-7-14-43(42)51(58)53(44-15-8-9-18-47(44)66)67(60)24-11-10-16-45(57)54(72)62-23-28-78-32-36-79-33-29-75-25-19-48(69)61-22-27-77-31-35-80-34-30-76-26-20-49(70)65-52(40(3)4)55(73)64-46(41(5)68)17-12-21-63-56(59)74;1-2/h6-9,13-15,18,39-40,45-46,52H,10-12,16-17,19-38,57-58,60H2,1-5H3,(H,61,69)(H,62,72)(H,64,73)(H,65,70)(H3,59,63,74);1-2H3/b53-51-;. The largest absolute Gasteiger partial charge is 0.396 e. The zero-order valence-electron chi connectivity index (χ0n) is 49.7. The molecule has 0 aromatic heterocycles. The molecular weight excluding hydrogens is 1060 g/mol. The highest BCUT2D eigenvalue weighted by atomic mass is 16.5. The summed E-state index contributed by atoms with van der Waals surface area (Å²) in [6.45, 7) is 18.2. The summed E-state index contributed by atoms with van der Waals surface area (Å²) in [6, 6.07) is 12.5. The summed E-state index contributed by atoms with van der Waals surface area (Å²) in [6.07, 6.45) is 3.11. The molecule has 7 amide bonds. The van der Waals surface area contributed by atoms with Crippen molar-refractivity contribution in [3.63, 3.8) is 0 Å². The van der Waals surface area contributed by atoms with Gasteiger partial charge in [0.1, 0.15) is 6.04 Å². The minimum Gasteiger partial charge on any atom is -0.396 e. The first-order chi connectivity index (χ1) is 39.4. The molecule has 0 saturated heterocycles. The van der Waals surface area contributed by atoms with Crippen LogP contribution >= 0.6 is 0 Å². The Morgan fingerprint density at radius 1 is 0.622 bits per heavy atom. The summed E-state index contributed by atoms with van der Waals surface area (Å²) in [4.78, 5) is 88.6. The van der Waals surface area contributed by atoms with Gasteiger partial charge in [0.2, 0.25) is 29.5 Å². The van der Waals surface area contributed by atoms with E-state index in [2.05, 4.69) is 26.6 Å². The Bertz CT molecular complexity index is 2250. The molecule has 462 valence electrons. The van der Waals surface area contributed by atoms with Crippen LogP contribution in [0.1, 0.15) is 117 Å². The van der Waals surface area contributed by atoms with Gasteiger partial charge in [-0.05, 0) is 62.5 Å². The van der Waals surface area contributed by atoms with E-state index < -0.39 is 30.1 Å². The highest BCUT2D eigenvalue weighted by Crippen LogP contribution is 2.37. The molecule has 0 spiro atoms. The average Bonchev–Trinajstić information content (AvgIpc) is 3.51. The van der Waals surface area contributed by atoms with Crippen LogP contribution in [-0.2, 0) is 63.7 Å². The van der Waals surface area contributed by atoms with Crippen molar-refractivity contribution in [2.45, 2.75) is 125 Å². The van der Waals surface area contributed by atoms with Crippen LogP contribution in [0.4, 0.5) is 10.5 Å². The second-order valence-electron chi connectivity index (χ2n) is 20.0. The van der Waals surface area contributed by atoms with Crippen molar-refractivity contribution >= 4 is 58.4 Å². The van der Waals surface area contributed by atoms with Gasteiger partial charge in [0.25, 0.3) is 0 Å². The number of Topliss-reactive ketones (excluding diaryl/α,β-unsaturated/α-hetero) is 1. The van der Waals surface area contributed by atoms with Gasteiger partial charge in [-0.25, -0.2) is 10.6 Å². The average molecular weight is 1160 g/mol. The number of primary amides is 1. The predicted molar refractivity (Wildman–Crippen MR) is 315 cm³/mol. The Hall–Kier alpha value is -6.25. The number of nitrogens with zero attached hydrogens (tertiary/aromatic N) is 2. The van der Waals surface area contributed by atoms with Gasteiger partial charge in [0, 0.05) is 56.6 Å². The van der Waals surface area contributed by atoms with Gasteiger partial charge >= 0.3 is 6.03 Å². The molecule has 1 aliphatic heterocycles. The molecule has 13 N–H and O–H groups in total. The number of hydrazine groups is 1. The Morgan fingerprint density at radius 3 is 1.73 bits per heavy atom. The fraction of sp³-hybridized carbons (Fsp3) is 0.638. The monoisotopic (exact) mass is 1160 g/mol. The van der Waals surface area contributed by atoms with Crippen molar-refractivity contribution in [1.29, 1.82) is 0 Å². The lowest BCUT2D eigenvalue weighted by Gasteiger charge is -2.33. The van der Waals surface area contributed by atoms with Crippen molar-refractivity contribution in [3.05, 3.63) is 65.2 Å². The molecule has 1 aliphatic rings. The van der Waals surface area contributed by atoms with Gasteiger partial charge in [-0.3, -0.25) is 28.8 Å². The van der Waals surface area contributed by atoms with Crippen LogP contribution in [0.5, 0.6) is 0 Å². The number of nitrogens with two attached hydrogens (primary N) is 4. The molecule has 0 saturated carbocycles. The number of para-hydroxylation sites is 1. The molecule has 3 rings (SSSR count). The summed E-state index contributed by atoms with van der Waals surface area (Å²) in [5, 5.41) is 15.1. The molecule has 3 atom stereocenters. The molecule has 0 bridgehead atoms. The topological polar surface area (TPSA) is 346 Å². The highest BCUT2D eigenvalue weighted by Gasteiger charge is 2.30. The van der Waals surface area contributed by atoms with Gasteiger partial charge in [-0.15, -0.1) is 0 Å². The SMILES string of the molecule is CC.CC(=O)C(CCCNC(N)=O)NC(=O)C(NC(=O)CCOCCOCCOCCNC(=O)CCOCCOCCOCCNC(=O)C(N)CCCCN(N)/C1=C(\N)c2ccccc2CN(C(=O)CC(C)C)c2ccccc21)C(C)C. The van der Waals surface area contributed by atoms with Crippen molar-refractivity contribution < 1.29 is 62.0 Å². The molecule has 2 aromatic rings. The van der Waals surface area contributed by atoms with Crippen LogP contribution in [0.2, 0.25) is 0 Å². The Balaban J connectivity index is 0.0000113. The molecule has 1 heterocycles. The van der Waals surface area contributed by atoms with E-state index >= 15 is 0 Å². The van der Waals surface area contributed by atoms with Crippen LogP contribution in [0.3, 0.4) is 0 Å². The van der Waals surface area contributed by atoms with E-state index in [9.17, 15) is 33.6 Å². The summed E-state index contributed by atoms with van der Waals surface area (Å²) in [7, 11) is 0. The summed E-state index contributed by atoms with van der Waals surface area (Å²) in [5.74, 6) is 5.21. The number of amides is 7. The third-order valence-electron chi connectivity index (χ3n) is 12.6. The number of hydrogen-bond donors (Lipinski definition) is 9. The third kappa shape index (κ3) is 29.1. The molecule has 2 aromatic carbocycles. The minimum atomic E-state index is -0.849. The Morgan fingerprint density at radius 2 is 1.16 bits per heavy atom. The molecule has 0 fully saturated rings. The number of urea groups is 1. The number of ketones is 1. The molecule has 3 unspecified atom stereocenters.